The van der Waals surface area contributed by atoms with Gasteiger partial charge in [0.1, 0.15) is 5.75 Å². The Balaban J connectivity index is 1.99. The maximum Gasteiger partial charge on any atom is 0.251 e. The summed E-state index contributed by atoms with van der Waals surface area (Å²) in [5, 5.41) is 2.92. The molecule has 1 atom stereocenters. The van der Waals surface area contributed by atoms with Crippen LogP contribution < -0.4 is 10.1 Å². The highest BCUT2D eigenvalue weighted by Crippen LogP contribution is 2.21. The minimum absolute atomic E-state index is 0.0936. The molecule has 122 valence electrons. The molecule has 0 bridgehead atoms. The fraction of sp³-hybridized carbons (Fsp3) is 0.588. The van der Waals surface area contributed by atoms with Crippen molar-refractivity contribution in [1.82, 2.24) is 5.32 Å². The predicted molar refractivity (Wildman–Crippen MR) is 84.2 cm³/mol. The first-order valence-electron chi connectivity index (χ1n) is 7.78. The van der Waals surface area contributed by atoms with E-state index in [1.54, 1.807) is 19.2 Å². The van der Waals surface area contributed by atoms with Crippen LogP contribution in [0.15, 0.2) is 18.2 Å². The molecule has 1 N–H and O–H groups in total. The monoisotopic (exact) mass is 307 g/mol. The molecule has 5 heteroatoms. The van der Waals surface area contributed by atoms with Gasteiger partial charge < -0.3 is 19.5 Å². The van der Waals surface area contributed by atoms with Crippen molar-refractivity contribution in [3.05, 3.63) is 29.3 Å². The lowest BCUT2D eigenvalue weighted by atomic mass is 10.1. The Morgan fingerprint density at radius 3 is 2.91 bits per heavy atom. The molecule has 0 saturated carbocycles. The van der Waals surface area contributed by atoms with Gasteiger partial charge in [0.2, 0.25) is 0 Å². The predicted octanol–water partition coefficient (Wildman–Crippen LogP) is 2.53. The van der Waals surface area contributed by atoms with Crippen LogP contribution in [-0.2, 0) is 16.1 Å². The Morgan fingerprint density at radius 2 is 2.27 bits per heavy atom. The molecule has 1 aliphatic rings. The Kier molecular flexibility index (Phi) is 6.21. The van der Waals surface area contributed by atoms with Gasteiger partial charge in [-0.05, 0) is 44.9 Å². The van der Waals surface area contributed by atoms with Crippen molar-refractivity contribution in [2.24, 2.45) is 0 Å². The van der Waals surface area contributed by atoms with Gasteiger partial charge in [0.25, 0.3) is 5.91 Å². The van der Waals surface area contributed by atoms with Gasteiger partial charge in [-0.15, -0.1) is 0 Å². The van der Waals surface area contributed by atoms with Gasteiger partial charge >= 0.3 is 0 Å². The zero-order valence-corrected chi connectivity index (χ0v) is 13.6. The second kappa shape index (κ2) is 8.15. The van der Waals surface area contributed by atoms with Crippen molar-refractivity contribution in [2.75, 3.05) is 20.3 Å². The maximum atomic E-state index is 12.2. The molecule has 1 saturated heterocycles. The van der Waals surface area contributed by atoms with Crippen LogP contribution in [0.5, 0.6) is 5.75 Å². The fourth-order valence-corrected chi connectivity index (χ4v) is 2.40. The lowest BCUT2D eigenvalue weighted by molar-refractivity contribution is 0.0643. The number of ether oxygens (including phenoxy) is 3. The summed E-state index contributed by atoms with van der Waals surface area (Å²) < 4.78 is 16.4. The third-order valence-electron chi connectivity index (χ3n) is 3.63. The van der Waals surface area contributed by atoms with Crippen LogP contribution in [0.2, 0.25) is 0 Å². The van der Waals surface area contributed by atoms with Crippen molar-refractivity contribution in [3.8, 4) is 5.75 Å². The van der Waals surface area contributed by atoms with E-state index in [-0.39, 0.29) is 18.1 Å². The number of benzene rings is 1. The lowest BCUT2D eigenvalue weighted by Crippen LogP contribution is -2.31. The van der Waals surface area contributed by atoms with Crippen LogP contribution in [0.3, 0.4) is 0 Å². The largest absolute Gasteiger partial charge is 0.496 e. The summed E-state index contributed by atoms with van der Waals surface area (Å²) in [6, 6.07) is 5.40. The van der Waals surface area contributed by atoms with E-state index < -0.39 is 0 Å². The van der Waals surface area contributed by atoms with Crippen molar-refractivity contribution in [3.63, 3.8) is 0 Å². The van der Waals surface area contributed by atoms with Crippen molar-refractivity contribution in [2.45, 2.75) is 45.5 Å². The molecule has 1 aromatic rings. The zero-order valence-electron chi connectivity index (χ0n) is 13.6. The highest BCUT2D eigenvalue weighted by atomic mass is 16.5. The third-order valence-corrected chi connectivity index (χ3v) is 3.63. The van der Waals surface area contributed by atoms with Gasteiger partial charge in [-0.25, -0.2) is 0 Å². The zero-order chi connectivity index (χ0) is 15.9. The molecule has 0 aromatic heterocycles. The average molecular weight is 307 g/mol. The van der Waals surface area contributed by atoms with Gasteiger partial charge in [0, 0.05) is 24.3 Å². The van der Waals surface area contributed by atoms with Crippen LogP contribution in [0.1, 0.15) is 42.6 Å². The number of rotatable bonds is 7. The number of nitrogens with one attached hydrogen (secondary N) is 1. The van der Waals surface area contributed by atoms with E-state index in [2.05, 4.69) is 5.32 Å². The van der Waals surface area contributed by atoms with Crippen LogP contribution in [0, 0.1) is 0 Å². The quantitative estimate of drug-likeness (QED) is 0.841. The second-order valence-corrected chi connectivity index (χ2v) is 5.73. The summed E-state index contributed by atoms with van der Waals surface area (Å²) in [6.07, 6.45) is 2.35. The molecule has 0 radical (unpaired) electrons. The summed E-state index contributed by atoms with van der Waals surface area (Å²) in [6.45, 7) is 5.73. The van der Waals surface area contributed by atoms with Gasteiger partial charge in [-0.1, -0.05) is 0 Å². The van der Waals surface area contributed by atoms with E-state index in [9.17, 15) is 4.79 Å². The molecule has 0 spiro atoms. The Hall–Kier alpha value is -1.59. The van der Waals surface area contributed by atoms with Crippen molar-refractivity contribution in [1.29, 1.82) is 0 Å². The van der Waals surface area contributed by atoms with Crippen LogP contribution in [-0.4, -0.2) is 38.4 Å². The summed E-state index contributed by atoms with van der Waals surface area (Å²) in [7, 11) is 1.62. The average Bonchev–Trinajstić information content (AvgIpc) is 3.03. The highest BCUT2D eigenvalue weighted by molar-refractivity contribution is 5.94. The van der Waals surface area contributed by atoms with Crippen LogP contribution in [0.25, 0.3) is 0 Å². The standard InChI is InChI=1S/C17H25NO4/c1-12(2)22-11-14-9-13(6-7-16(14)20-3)17(19)18-10-15-5-4-8-21-15/h6-7,9,12,15H,4-5,8,10-11H2,1-3H3,(H,18,19)/t15-/m0/s1. The number of methoxy groups -OCH3 is 1. The number of carbonyl (C=O) groups is 1. The van der Waals surface area contributed by atoms with Crippen LogP contribution >= 0.6 is 0 Å². The molecule has 1 aromatic carbocycles. The lowest BCUT2D eigenvalue weighted by Gasteiger charge is -2.14. The third kappa shape index (κ3) is 4.71. The van der Waals surface area contributed by atoms with E-state index in [0.29, 0.717) is 18.7 Å². The normalized spacial score (nSPS) is 17.7. The van der Waals surface area contributed by atoms with E-state index in [0.717, 1.165) is 30.8 Å². The Labute approximate surface area is 131 Å². The number of hydrogen-bond donors (Lipinski definition) is 1. The summed E-state index contributed by atoms with van der Waals surface area (Å²) in [5.74, 6) is 0.639. The molecule has 1 fully saturated rings. The molecule has 22 heavy (non-hydrogen) atoms. The van der Waals surface area contributed by atoms with E-state index >= 15 is 0 Å². The van der Waals surface area contributed by atoms with E-state index in [1.165, 1.54) is 0 Å². The first-order chi connectivity index (χ1) is 10.6. The highest BCUT2D eigenvalue weighted by Gasteiger charge is 2.17. The molecule has 1 amide bonds. The molecular formula is C17H25NO4. The smallest absolute Gasteiger partial charge is 0.251 e. The van der Waals surface area contributed by atoms with Gasteiger partial charge in [-0.3, -0.25) is 4.79 Å². The van der Waals surface area contributed by atoms with E-state index in [4.69, 9.17) is 14.2 Å². The van der Waals surface area contributed by atoms with Crippen molar-refractivity contribution >= 4 is 5.91 Å². The van der Waals surface area contributed by atoms with E-state index in [1.807, 2.05) is 19.9 Å². The van der Waals surface area contributed by atoms with Gasteiger partial charge in [0.15, 0.2) is 0 Å². The minimum atomic E-state index is -0.0936. The molecular weight excluding hydrogens is 282 g/mol. The minimum Gasteiger partial charge on any atom is -0.496 e. The summed E-state index contributed by atoms with van der Waals surface area (Å²) >= 11 is 0. The molecule has 0 unspecified atom stereocenters. The van der Waals surface area contributed by atoms with Gasteiger partial charge in [-0.2, -0.15) is 0 Å². The summed E-state index contributed by atoms with van der Waals surface area (Å²) in [4.78, 5) is 12.2. The Bertz CT molecular complexity index is 495. The molecule has 2 rings (SSSR count). The summed E-state index contributed by atoms with van der Waals surface area (Å²) in [5.41, 5.74) is 1.49. The van der Waals surface area contributed by atoms with Crippen molar-refractivity contribution < 1.29 is 19.0 Å². The number of amides is 1. The fourth-order valence-electron chi connectivity index (χ4n) is 2.40. The first-order valence-corrected chi connectivity index (χ1v) is 7.78. The molecule has 0 aliphatic carbocycles. The topological polar surface area (TPSA) is 56.8 Å². The SMILES string of the molecule is COc1ccc(C(=O)NC[C@@H]2CCCO2)cc1COC(C)C. The molecule has 5 nitrogen and oxygen atoms in total. The molecule has 1 heterocycles. The van der Waals surface area contributed by atoms with Crippen LogP contribution in [0.4, 0.5) is 0 Å². The number of hydrogen-bond acceptors (Lipinski definition) is 4. The first kappa shape index (κ1) is 16.8. The number of carbonyl (C=O) groups excluding carboxylic acids is 1. The Morgan fingerprint density at radius 1 is 1.45 bits per heavy atom. The van der Waals surface area contributed by atoms with Gasteiger partial charge in [0.05, 0.1) is 25.9 Å². The maximum absolute atomic E-state index is 12.2. The molecule has 1 aliphatic heterocycles. The second-order valence-electron chi connectivity index (χ2n) is 5.73.